The highest BCUT2D eigenvalue weighted by Gasteiger charge is 2.22. The van der Waals surface area contributed by atoms with Crippen molar-refractivity contribution in [1.82, 2.24) is 4.31 Å². The summed E-state index contributed by atoms with van der Waals surface area (Å²) >= 11 is 6.02. The molecule has 0 saturated carbocycles. The molecule has 8 heteroatoms. The van der Waals surface area contributed by atoms with Gasteiger partial charge in [-0.3, -0.25) is 4.79 Å². The highest BCUT2D eigenvalue weighted by Crippen LogP contribution is 2.25. The van der Waals surface area contributed by atoms with Crippen molar-refractivity contribution in [2.24, 2.45) is 0 Å². The quantitative estimate of drug-likeness (QED) is 0.757. The Bertz CT molecular complexity index is 908. The van der Waals surface area contributed by atoms with Gasteiger partial charge in [0.15, 0.2) is 0 Å². The molecular formula is C19H24ClN3O3S. The van der Waals surface area contributed by atoms with Crippen molar-refractivity contribution in [3.8, 4) is 0 Å². The van der Waals surface area contributed by atoms with E-state index in [0.717, 1.165) is 23.1 Å². The average Bonchev–Trinajstić information content (AvgIpc) is 2.64. The highest BCUT2D eigenvalue weighted by atomic mass is 35.5. The number of hydrogen-bond donors (Lipinski definition) is 1. The maximum Gasteiger partial charge on any atom is 0.255 e. The molecule has 0 aromatic heterocycles. The largest absolute Gasteiger partial charge is 0.372 e. The van der Waals surface area contributed by atoms with Crippen molar-refractivity contribution in [3.05, 3.63) is 53.1 Å². The molecule has 0 saturated heterocycles. The molecule has 0 aliphatic heterocycles. The minimum absolute atomic E-state index is 0.0730. The van der Waals surface area contributed by atoms with E-state index >= 15 is 0 Å². The van der Waals surface area contributed by atoms with Crippen LogP contribution in [0, 0.1) is 0 Å². The van der Waals surface area contributed by atoms with Crippen LogP contribution in [0.4, 0.5) is 11.4 Å². The number of nitrogens with one attached hydrogen (secondary N) is 1. The zero-order valence-corrected chi connectivity index (χ0v) is 17.4. The van der Waals surface area contributed by atoms with Gasteiger partial charge < -0.3 is 10.2 Å². The van der Waals surface area contributed by atoms with Crippen molar-refractivity contribution in [2.75, 3.05) is 37.4 Å². The van der Waals surface area contributed by atoms with E-state index in [-0.39, 0.29) is 15.5 Å². The van der Waals surface area contributed by atoms with Crippen LogP contribution >= 0.6 is 11.6 Å². The molecule has 0 bridgehead atoms. The zero-order chi connectivity index (χ0) is 20.2. The standard InChI is InChI=1S/C19H24ClN3O3S/c1-5-23(6-2)16-10-8-15(9-11-16)21-19(24)14-7-12-17(20)18(13-14)27(25,26)22(3)4/h7-13H,5-6H2,1-4H3,(H,21,24). The minimum atomic E-state index is -3.74. The number of benzene rings is 2. The molecule has 0 spiro atoms. The summed E-state index contributed by atoms with van der Waals surface area (Å²) in [6.07, 6.45) is 0. The number of amides is 1. The van der Waals surface area contributed by atoms with Gasteiger partial charge in [-0.2, -0.15) is 0 Å². The molecule has 0 aliphatic rings. The van der Waals surface area contributed by atoms with Crippen molar-refractivity contribution in [3.63, 3.8) is 0 Å². The normalized spacial score (nSPS) is 11.5. The molecule has 2 aromatic carbocycles. The molecule has 0 heterocycles. The maximum atomic E-state index is 12.5. The van der Waals surface area contributed by atoms with Crippen LogP contribution in [0.5, 0.6) is 0 Å². The molecule has 0 unspecified atom stereocenters. The third-order valence-corrected chi connectivity index (χ3v) is 6.50. The van der Waals surface area contributed by atoms with Crippen LogP contribution < -0.4 is 10.2 Å². The van der Waals surface area contributed by atoms with Crippen LogP contribution in [-0.2, 0) is 10.0 Å². The summed E-state index contributed by atoms with van der Waals surface area (Å²) < 4.78 is 25.8. The smallest absolute Gasteiger partial charge is 0.255 e. The fraction of sp³-hybridized carbons (Fsp3) is 0.316. The predicted octanol–water partition coefficient (Wildman–Crippen LogP) is 3.69. The number of carbonyl (C=O) groups excluding carboxylic acids is 1. The Labute approximate surface area is 165 Å². The molecule has 0 atom stereocenters. The number of carbonyl (C=O) groups is 1. The van der Waals surface area contributed by atoms with Crippen LogP contribution in [0.3, 0.4) is 0 Å². The van der Waals surface area contributed by atoms with Gasteiger partial charge in [-0.05, 0) is 56.3 Å². The second kappa shape index (κ2) is 8.73. The third-order valence-electron chi connectivity index (χ3n) is 4.21. The maximum absolute atomic E-state index is 12.5. The number of nitrogens with zero attached hydrogens (tertiary/aromatic N) is 2. The number of hydrogen-bond acceptors (Lipinski definition) is 4. The summed E-state index contributed by atoms with van der Waals surface area (Å²) in [7, 11) is -0.916. The first-order valence-electron chi connectivity index (χ1n) is 8.59. The van der Waals surface area contributed by atoms with Crippen LogP contribution in [0.2, 0.25) is 5.02 Å². The Morgan fingerprint density at radius 3 is 2.15 bits per heavy atom. The van der Waals surface area contributed by atoms with Gasteiger partial charge in [0.05, 0.1) is 5.02 Å². The second-order valence-electron chi connectivity index (χ2n) is 6.11. The number of sulfonamides is 1. The van der Waals surface area contributed by atoms with Gasteiger partial charge in [0.25, 0.3) is 5.91 Å². The first-order chi connectivity index (χ1) is 12.7. The Morgan fingerprint density at radius 1 is 1.04 bits per heavy atom. The van der Waals surface area contributed by atoms with Crippen LogP contribution in [0.15, 0.2) is 47.4 Å². The lowest BCUT2D eigenvalue weighted by Crippen LogP contribution is -2.23. The lowest BCUT2D eigenvalue weighted by molar-refractivity contribution is 0.102. The lowest BCUT2D eigenvalue weighted by atomic mass is 10.2. The topological polar surface area (TPSA) is 69.7 Å². The summed E-state index contributed by atoms with van der Waals surface area (Å²) in [4.78, 5) is 14.6. The molecule has 6 nitrogen and oxygen atoms in total. The third kappa shape index (κ3) is 4.80. The monoisotopic (exact) mass is 409 g/mol. The summed E-state index contributed by atoms with van der Waals surface area (Å²) in [6, 6.07) is 11.7. The molecule has 1 N–H and O–H groups in total. The molecule has 27 heavy (non-hydrogen) atoms. The van der Waals surface area contributed by atoms with Gasteiger partial charge in [-0.1, -0.05) is 11.6 Å². The van der Waals surface area contributed by atoms with Gasteiger partial charge in [-0.25, -0.2) is 12.7 Å². The lowest BCUT2D eigenvalue weighted by Gasteiger charge is -2.21. The van der Waals surface area contributed by atoms with Gasteiger partial charge in [0.2, 0.25) is 10.0 Å². The van der Waals surface area contributed by atoms with Crippen molar-refractivity contribution < 1.29 is 13.2 Å². The highest BCUT2D eigenvalue weighted by molar-refractivity contribution is 7.89. The Morgan fingerprint density at radius 2 is 1.63 bits per heavy atom. The number of rotatable bonds is 7. The Hall–Kier alpha value is -2.09. The second-order valence-corrected chi connectivity index (χ2v) is 8.63. The SMILES string of the molecule is CCN(CC)c1ccc(NC(=O)c2ccc(Cl)c(S(=O)(=O)N(C)C)c2)cc1. The van der Waals surface area contributed by atoms with Crippen LogP contribution in [0.1, 0.15) is 24.2 Å². The molecule has 2 rings (SSSR count). The molecule has 0 fully saturated rings. The van der Waals surface area contributed by atoms with E-state index in [1.54, 1.807) is 0 Å². The fourth-order valence-electron chi connectivity index (χ4n) is 2.59. The van der Waals surface area contributed by atoms with Crippen molar-refractivity contribution in [2.45, 2.75) is 18.7 Å². The van der Waals surface area contributed by atoms with E-state index in [1.165, 1.54) is 32.3 Å². The van der Waals surface area contributed by atoms with Crippen molar-refractivity contribution in [1.29, 1.82) is 0 Å². The molecule has 146 valence electrons. The molecule has 2 aromatic rings. The van der Waals surface area contributed by atoms with Gasteiger partial charge in [-0.15, -0.1) is 0 Å². The molecule has 1 amide bonds. The molecule has 0 aliphatic carbocycles. The summed E-state index contributed by atoms with van der Waals surface area (Å²) in [5.41, 5.74) is 1.92. The van der Waals surface area contributed by atoms with E-state index in [0.29, 0.717) is 5.69 Å². The van der Waals surface area contributed by atoms with Gasteiger partial charge in [0, 0.05) is 44.1 Å². The Balaban J connectivity index is 2.24. The number of halogens is 1. The summed E-state index contributed by atoms with van der Waals surface area (Å²) in [6.45, 7) is 5.96. The minimum Gasteiger partial charge on any atom is -0.372 e. The van der Waals surface area contributed by atoms with E-state index in [1.807, 2.05) is 24.3 Å². The van der Waals surface area contributed by atoms with E-state index in [4.69, 9.17) is 11.6 Å². The zero-order valence-electron chi connectivity index (χ0n) is 15.9. The Kier molecular flexibility index (Phi) is 6.86. The summed E-state index contributed by atoms with van der Waals surface area (Å²) in [5.74, 6) is -0.405. The fourth-order valence-corrected chi connectivity index (χ4v) is 3.98. The molecular weight excluding hydrogens is 386 g/mol. The number of anilines is 2. The van der Waals surface area contributed by atoms with Gasteiger partial charge >= 0.3 is 0 Å². The predicted molar refractivity (Wildman–Crippen MR) is 110 cm³/mol. The van der Waals surface area contributed by atoms with E-state index < -0.39 is 15.9 Å². The van der Waals surface area contributed by atoms with Crippen molar-refractivity contribution >= 4 is 38.9 Å². The van der Waals surface area contributed by atoms with E-state index in [2.05, 4.69) is 24.1 Å². The van der Waals surface area contributed by atoms with E-state index in [9.17, 15) is 13.2 Å². The van der Waals surface area contributed by atoms with Gasteiger partial charge in [0.1, 0.15) is 4.90 Å². The average molecular weight is 410 g/mol. The molecule has 0 radical (unpaired) electrons. The first-order valence-corrected chi connectivity index (χ1v) is 10.4. The first kappa shape index (κ1) is 21.2. The van der Waals surface area contributed by atoms with Crippen LogP contribution in [0.25, 0.3) is 0 Å². The van der Waals surface area contributed by atoms with Crippen LogP contribution in [-0.4, -0.2) is 45.8 Å². The summed E-state index contributed by atoms with van der Waals surface area (Å²) in [5, 5.41) is 2.85.